The highest BCUT2D eigenvalue weighted by atomic mass is 35.5. The first-order chi connectivity index (χ1) is 13.1. The first-order valence-corrected chi connectivity index (χ1v) is 10.1. The maximum absolute atomic E-state index is 14.3. The van der Waals surface area contributed by atoms with Gasteiger partial charge in [0, 0.05) is 30.9 Å². The summed E-state index contributed by atoms with van der Waals surface area (Å²) in [7, 11) is -0.364. The molecular weight excluding hydrogens is 406 g/mol. The second kappa shape index (κ2) is 7.50. The second-order valence-electron chi connectivity index (χ2n) is 6.39. The number of halogens is 3. The third-order valence-electron chi connectivity index (χ3n) is 4.32. The number of primary sulfonamides is 1. The van der Waals surface area contributed by atoms with Gasteiger partial charge in [-0.2, -0.15) is 0 Å². The molecule has 0 aliphatic carbocycles. The largest absolute Gasteiger partial charge is 0.378 e. The van der Waals surface area contributed by atoms with Gasteiger partial charge in [-0.3, -0.25) is 0 Å². The maximum Gasteiger partial charge on any atom is 0.238 e. The molecule has 0 heterocycles. The summed E-state index contributed by atoms with van der Waals surface area (Å²) in [5, 5.41) is 4.88. The van der Waals surface area contributed by atoms with Crippen molar-refractivity contribution in [3.63, 3.8) is 0 Å². The molecule has 0 aromatic heterocycles. The molecule has 8 heteroatoms. The molecule has 0 bridgehead atoms. The molecule has 0 amide bonds. The van der Waals surface area contributed by atoms with Crippen molar-refractivity contribution >= 4 is 27.3 Å². The summed E-state index contributed by atoms with van der Waals surface area (Å²) < 4.78 is 52.4. The molecule has 0 saturated heterocycles. The van der Waals surface area contributed by atoms with Crippen molar-refractivity contribution in [3.05, 3.63) is 71.3 Å². The van der Waals surface area contributed by atoms with E-state index in [1.54, 1.807) is 30.3 Å². The van der Waals surface area contributed by atoms with Gasteiger partial charge in [-0.15, -0.1) is 0 Å². The fourth-order valence-electron chi connectivity index (χ4n) is 2.95. The molecule has 0 saturated carbocycles. The predicted octanol–water partition coefficient (Wildman–Crippen LogP) is 4.67. The smallest absolute Gasteiger partial charge is 0.238 e. The average Bonchev–Trinajstić information content (AvgIpc) is 2.65. The molecule has 0 unspecified atom stereocenters. The lowest BCUT2D eigenvalue weighted by Crippen LogP contribution is -2.13. The Balaban J connectivity index is 2.36. The minimum Gasteiger partial charge on any atom is -0.378 e. The van der Waals surface area contributed by atoms with E-state index in [1.807, 2.05) is 19.0 Å². The summed E-state index contributed by atoms with van der Waals surface area (Å²) >= 11 is 6.15. The molecule has 146 valence electrons. The first-order valence-electron chi connectivity index (χ1n) is 8.18. The monoisotopic (exact) mass is 422 g/mol. The van der Waals surface area contributed by atoms with Gasteiger partial charge in [-0.05, 0) is 35.4 Å². The van der Waals surface area contributed by atoms with Crippen molar-refractivity contribution in [3.8, 4) is 22.3 Å². The van der Waals surface area contributed by atoms with Gasteiger partial charge in [0.25, 0.3) is 0 Å². The van der Waals surface area contributed by atoms with Gasteiger partial charge in [0.1, 0.15) is 0 Å². The average molecular weight is 423 g/mol. The Morgan fingerprint density at radius 1 is 0.964 bits per heavy atom. The summed E-state index contributed by atoms with van der Waals surface area (Å²) in [6, 6.07) is 13.8. The van der Waals surface area contributed by atoms with Gasteiger partial charge in [0.05, 0.1) is 9.92 Å². The van der Waals surface area contributed by atoms with E-state index in [-0.39, 0.29) is 21.6 Å². The summed E-state index contributed by atoms with van der Waals surface area (Å²) in [6.45, 7) is 0. The highest BCUT2D eigenvalue weighted by Crippen LogP contribution is 2.42. The molecule has 3 aromatic rings. The van der Waals surface area contributed by atoms with Crippen molar-refractivity contribution < 1.29 is 17.2 Å². The lowest BCUT2D eigenvalue weighted by Gasteiger charge is -2.17. The molecule has 0 fully saturated rings. The first kappa shape index (κ1) is 20.3. The van der Waals surface area contributed by atoms with Crippen LogP contribution in [0.4, 0.5) is 14.5 Å². The van der Waals surface area contributed by atoms with Crippen LogP contribution in [-0.2, 0) is 10.0 Å². The summed E-state index contributed by atoms with van der Waals surface area (Å²) in [5.74, 6) is -2.39. The Bertz CT molecular complexity index is 1150. The van der Waals surface area contributed by atoms with Gasteiger partial charge in [-0.1, -0.05) is 41.9 Å². The minimum atomic E-state index is -4.10. The molecule has 0 atom stereocenters. The summed E-state index contributed by atoms with van der Waals surface area (Å²) in [4.78, 5) is 1.68. The van der Waals surface area contributed by atoms with Crippen molar-refractivity contribution in [1.82, 2.24) is 0 Å². The molecule has 4 nitrogen and oxygen atoms in total. The Labute approximate surface area is 167 Å². The SMILES string of the molecule is CN(C)c1ccc(-c2c(-c3ccccc3S(N)(=O)=O)cc(F)c(F)c2Cl)cc1. The third-order valence-corrected chi connectivity index (χ3v) is 5.64. The third kappa shape index (κ3) is 3.73. The van der Waals surface area contributed by atoms with Gasteiger partial charge in [-0.25, -0.2) is 22.3 Å². The number of hydrogen-bond acceptors (Lipinski definition) is 3. The number of sulfonamides is 1. The van der Waals surface area contributed by atoms with E-state index in [4.69, 9.17) is 16.7 Å². The number of rotatable bonds is 4. The van der Waals surface area contributed by atoms with Crippen LogP contribution in [0.25, 0.3) is 22.3 Å². The van der Waals surface area contributed by atoms with Crippen LogP contribution in [0.2, 0.25) is 5.02 Å². The summed E-state index contributed by atoms with van der Waals surface area (Å²) in [6.07, 6.45) is 0. The molecule has 0 radical (unpaired) electrons. The van der Waals surface area contributed by atoms with E-state index in [1.165, 1.54) is 18.2 Å². The van der Waals surface area contributed by atoms with Gasteiger partial charge >= 0.3 is 0 Å². The number of benzene rings is 3. The number of hydrogen-bond donors (Lipinski definition) is 1. The van der Waals surface area contributed by atoms with E-state index in [9.17, 15) is 17.2 Å². The van der Waals surface area contributed by atoms with E-state index in [2.05, 4.69) is 0 Å². The molecule has 0 aliphatic rings. The van der Waals surface area contributed by atoms with Crippen LogP contribution in [0.3, 0.4) is 0 Å². The van der Waals surface area contributed by atoms with Crippen LogP contribution in [0.15, 0.2) is 59.5 Å². The standard InChI is InChI=1S/C20H17ClF2N2O2S/c1-25(2)13-9-7-12(8-10-13)18-15(11-16(22)20(23)19(18)21)14-5-3-4-6-17(14)28(24,26)27/h3-11H,1-2H3,(H2,24,26,27). The zero-order valence-electron chi connectivity index (χ0n) is 15.1. The van der Waals surface area contributed by atoms with Crippen LogP contribution >= 0.6 is 11.6 Å². The van der Waals surface area contributed by atoms with Crippen LogP contribution in [0, 0.1) is 11.6 Å². The topological polar surface area (TPSA) is 63.4 Å². The van der Waals surface area contributed by atoms with Crippen molar-refractivity contribution in [1.29, 1.82) is 0 Å². The highest BCUT2D eigenvalue weighted by Gasteiger charge is 2.23. The molecule has 2 N–H and O–H groups in total. The van der Waals surface area contributed by atoms with Crippen molar-refractivity contribution in [2.75, 3.05) is 19.0 Å². The molecule has 3 aromatic carbocycles. The second-order valence-corrected chi connectivity index (χ2v) is 8.30. The van der Waals surface area contributed by atoms with Crippen molar-refractivity contribution in [2.24, 2.45) is 5.14 Å². The maximum atomic E-state index is 14.3. The zero-order chi connectivity index (χ0) is 20.6. The molecular formula is C20H17ClF2N2O2S. The Hall–Kier alpha value is -2.48. The van der Waals surface area contributed by atoms with Crippen molar-refractivity contribution in [2.45, 2.75) is 4.90 Å². The van der Waals surface area contributed by atoms with E-state index < -0.39 is 26.7 Å². The quantitative estimate of drug-likeness (QED) is 0.621. The van der Waals surface area contributed by atoms with Gasteiger partial charge in [0.2, 0.25) is 10.0 Å². The zero-order valence-corrected chi connectivity index (χ0v) is 16.7. The summed E-state index contributed by atoms with van der Waals surface area (Å²) in [5.41, 5.74) is 1.85. The van der Waals surface area contributed by atoms with Crippen LogP contribution in [0.5, 0.6) is 0 Å². The fourth-order valence-corrected chi connectivity index (χ4v) is 4.01. The Kier molecular flexibility index (Phi) is 5.43. The lowest BCUT2D eigenvalue weighted by molar-refractivity contribution is 0.510. The number of nitrogens with zero attached hydrogens (tertiary/aromatic N) is 1. The normalized spacial score (nSPS) is 11.5. The molecule has 0 aliphatic heterocycles. The van der Waals surface area contributed by atoms with Gasteiger partial charge in [0.15, 0.2) is 11.6 Å². The predicted molar refractivity (Wildman–Crippen MR) is 108 cm³/mol. The minimum absolute atomic E-state index is 0.131. The Morgan fingerprint density at radius 2 is 1.57 bits per heavy atom. The molecule has 28 heavy (non-hydrogen) atoms. The number of anilines is 1. The van der Waals surface area contributed by atoms with E-state index >= 15 is 0 Å². The fraction of sp³-hybridized carbons (Fsp3) is 0.100. The van der Waals surface area contributed by atoms with Crippen LogP contribution in [-0.4, -0.2) is 22.5 Å². The van der Waals surface area contributed by atoms with Crippen LogP contribution < -0.4 is 10.0 Å². The number of nitrogens with two attached hydrogens (primary N) is 1. The van der Waals surface area contributed by atoms with Gasteiger partial charge < -0.3 is 4.90 Å². The lowest BCUT2D eigenvalue weighted by atomic mass is 9.93. The highest BCUT2D eigenvalue weighted by molar-refractivity contribution is 7.89. The van der Waals surface area contributed by atoms with E-state index in [0.29, 0.717) is 5.56 Å². The van der Waals surface area contributed by atoms with E-state index in [0.717, 1.165) is 11.8 Å². The molecule has 3 rings (SSSR count). The molecule has 0 spiro atoms. The Morgan fingerprint density at radius 3 is 2.14 bits per heavy atom. The van der Waals surface area contributed by atoms with Crippen LogP contribution in [0.1, 0.15) is 0 Å².